The maximum Gasteiger partial charge on any atom is 0.194 e. The summed E-state index contributed by atoms with van der Waals surface area (Å²) < 4.78 is 16.0. The first-order valence-electron chi connectivity index (χ1n) is 9.37. The van der Waals surface area contributed by atoms with Crippen LogP contribution in [0.4, 0.5) is 4.39 Å². The minimum atomic E-state index is -0.421. The van der Waals surface area contributed by atoms with E-state index >= 15 is 0 Å². The first-order valence-corrected chi connectivity index (χ1v) is 9.37. The Bertz CT molecular complexity index is 1030. The molecule has 8 heteroatoms. The lowest BCUT2D eigenvalue weighted by atomic mass is 10.1. The average Bonchev–Trinajstić information content (AvgIpc) is 3.20. The Kier molecular flexibility index (Phi) is 8.80. The Morgan fingerprint density at radius 3 is 2.70 bits per heavy atom. The number of guanidine groups is 1. The first kappa shape index (κ1) is 23.3. The Hall–Kier alpha value is -2.93. The van der Waals surface area contributed by atoms with E-state index < -0.39 is 5.82 Å². The monoisotopic (exact) mass is 518 g/mol. The molecular weight excluding hydrogens is 494 g/mol. The Morgan fingerprint density at radius 2 is 2.03 bits per heavy atom. The molecule has 0 aliphatic rings. The van der Waals surface area contributed by atoms with E-state index in [0.29, 0.717) is 30.2 Å². The quantitative estimate of drug-likeness (QED) is 0.303. The molecule has 3 rings (SSSR count). The van der Waals surface area contributed by atoms with Gasteiger partial charge in [-0.15, -0.1) is 24.0 Å². The Morgan fingerprint density at radius 1 is 1.27 bits per heavy atom. The Labute approximate surface area is 193 Å². The molecule has 1 heterocycles. The van der Waals surface area contributed by atoms with Crippen molar-refractivity contribution in [3.8, 4) is 11.8 Å². The molecule has 0 saturated carbocycles. The number of para-hydroxylation sites is 1. The highest BCUT2D eigenvalue weighted by atomic mass is 127. The van der Waals surface area contributed by atoms with Crippen LogP contribution in [-0.4, -0.2) is 34.2 Å². The predicted octanol–water partition coefficient (Wildman–Crippen LogP) is 4.10. The summed E-state index contributed by atoms with van der Waals surface area (Å²) in [5.74, 6) is 0.249. The van der Waals surface area contributed by atoms with Gasteiger partial charge < -0.3 is 10.2 Å². The Balaban J connectivity index is 0.00000320. The molecule has 0 spiro atoms. The number of benzene rings is 2. The van der Waals surface area contributed by atoms with E-state index in [9.17, 15) is 4.39 Å². The minimum absolute atomic E-state index is 0. The molecule has 156 valence electrons. The fourth-order valence-corrected chi connectivity index (χ4v) is 2.89. The summed E-state index contributed by atoms with van der Waals surface area (Å²) in [7, 11) is 1.93. The maximum absolute atomic E-state index is 14.1. The van der Waals surface area contributed by atoms with Crippen LogP contribution >= 0.6 is 24.0 Å². The number of nitrogens with one attached hydrogen (secondary N) is 1. The van der Waals surface area contributed by atoms with Gasteiger partial charge in [0.1, 0.15) is 5.82 Å². The van der Waals surface area contributed by atoms with Crippen molar-refractivity contribution in [3.05, 3.63) is 83.4 Å². The lowest BCUT2D eigenvalue weighted by Gasteiger charge is -2.21. The van der Waals surface area contributed by atoms with Crippen molar-refractivity contribution in [1.29, 1.82) is 5.26 Å². The summed E-state index contributed by atoms with van der Waals surface area (Å²) in [6, 6.07) is 16.3. The van der Waals surface area contributed by atoms with Crippen LogP contribution in [0.15, 0.2) is 65.9 Å². The van der Waals surface area contributed by atoms with Gasteiger partial charge in [-0.2, -0.15) is 10.4 Å². The van der Waals surface area contributed by atoms with Crippen LogP contribution in [0.2, 0.25) is 0 Å². The standard InChI is InChI=1S/C22H23FN6.HI/c1-3-25-22(26-14-19-10-9-17(12-24)11-21(19)23)28(2)15-18-13-27-29(16-18)20-7-5-4-6-8-20;/h4-11,13,16H,3,14-15H2,1-2H3,(H,25,26);1H. The second-order valence-corrected chi connectivity index (χ2v) is 6.57. The van der Waals surface area contributed by atoms with Gasteiger partial charge in [-0.1, -0.05) is 24.3 Å². The van der Waals surface area contributed by atoms with E-state index in [2.05, 4.69) is 15.4 Å². The van der Waals surface area contributed by atoms with Crippen molar-refractivity contribution in [3.63, 3.8) is 0 Å². The van der Waals surface area contributed by atoms with Gasteiger partial charge in [-0.3, -0.25) is 0 Å². The van der Waals surface area contributed by atoms with Crippen LogP contribution in [0.1, 0.15) is 23.6 Å². The van der Waals surface area contributed by atoms with E-state index in [1.165, 1.54) is 6.07 Å². The number of hydrogen-bond acceptors (Lipinski definition) is 3. The lowest BCUT2D eigenvalue weighted by Crippen LogP contribution is -2.38. The van der Waals surface area contributed by atoms with Gasteiger partial charge in [-0.25, -0.2) is 14.1 Å². The second-order valence-electron chi connectivity index (χ2n) is 6.57. The van der Waals surface area contributed by atoms with Crippen LogP contribution in [0, 0.1) is 17.1 Å². The smallest absolute Gasteiger partial charge is 0.194 e. The molecule has 0 radical (unpaired) electrons. The highest BCUT2D eigenvalue weighted by Crippen LogP contribution is 2.12. The molecule has 0 saturated heterocycles. The van der Waals surface area contributed by atoms with Crippen molar-refractivity contribution in [2.75, 3.05) is 13.6 Å². The largest absolute Gasteiger partial charge is 0.357 e. The van der Waals surface area contributed by atoms with Crippen LogP contribution < -0.4 is 5.32 Å². The van der Waals surface area contributed by atoms with Gasteiger partial charge in [0.15, 0.2) is 5.96 Å². The first-order chi connectivity index (χ1) is 14.1. The summed E-state index contributed by atoms with van der Waals surface area (Å²) in [5.41, 5.74) is 2.78. The predicted molar refractivity (Wildman–Crippen MR) is 126 cm³/mol. The zero-order chi connectivity index (χ0) is 20.6. The third-order valence-electron chi connectivity index (χ3n) is 4.35. The fourth-order valence-electron chi connectivity index (χ4n) is 2.89. The topological polar surface area (TPSA) is 69.2 Å². The summed E-state index contributed by atoms with van der Waals surface area (Å²) in [6.45, 7) is 3.48. The minimum Gasteiger partial charge on any atom is -0.357 e. The van der Waals surface area contributed by atoms with Crippen molar-refractivity contribution in [2.45, 2.75) is 20.0 Å². The summed E-state index contributed by atoms with van der Waals surface area (Å²) >= 11 is 0. The maximum atomic E-state index is 14.1. The molecule has 0 amide bonds. The molecule has 0 aliphatic heterocycles. The van der Waals surface area contributed by atoms with Gasteiger partial charge in [0.05, 0.1) is 30.1 Å². The number of nitrogens with zero attached hydrogens (tertiary/aromatic N) is 5. The van der Waals surface area contributed by atoms with Crippen molar-refractivity contribution < 1.29 is 4.39 Å². The van der Waals surface area contributed by atoms with Crippen molar-refractivity contribution in [1.82, 2.24) is 20.0 Å². The number of aromatic nitrogens is 2. The van der Waals surface area contributed by atoms with E-state index in [1.54, 1.807) is 12.1 Å². The van der Waals surface area contributed by atoms with Crippen LogP contribution in [0.5, 0.6) is 0 Å². The average molecular weight is 518 g/mol. The van der Waals surface area contributed by atoms with Gasteiger partial charge in [0.2, 0.25) is 0 Å². The van der Waals surface area contributed by atoms with Gasteiger partial charge >= 0.3 is 0 Å². The van der Waals surface area contributed by atoms with E-state index in [0.717, 1.165) is 11.3 Å². The highest BCUT2D eigenvalue weighted by Gasteiger charge is 2.10. The molecule has 30 heavy (non-hydrogen) atoms. The van der Waals surface area contributed by atoms with Gasteiger partial charge in [-0.05, 0) is 31.2 Å². The molecule has 0 atom stereocenters. The number of rotatable bonds is 6. The number of halogens is 2. The molecule has 2 aromatic carbocycles. The zero-order valence-electron chi connectivity index (χ0n) is 16.9. The highest BCUT2D eigenvalue weighted by molar-refractivity contribution is 14.0. The van der Waals surface area contributed by atoms with Crippen molar-refractivity contribution in [2.24, 2.45) is 4.99 Å². The van der Waals surface area contributed by atoms with Gasteiger partial charge in [0.25, 0.3) is 0 Å². The van der Waals surface area contributed by atoms with Crippen LogP contribution in [0.3, 0.4) is 0 Å². The van der Waals surface area contributed by atoms with Crippen LogP contribution in [0.25, 0.3) is 5.69 Å². The normalized spacial score (nSPS) is 10.8. The lowest BCUT2D eigenvalue weighted by molar-refractivity contribution is 0.476. The zero-order valence-corrected chi connectivity index (χ0v) is 19.2. The van der Waals surface area contributed by atoms with Crippen LogP contribution in [-0.2, 0) is 13.1 Å². The fraction of sp³-hybridized carbons (Fsp3) is 0.227. The van der Waals surface area contributed by atoms with E-state index in [1.807, 2.05) is 72.3 Å². The second kappa shape index (κ2) is 11.3. The number of hydrogen-bond donors (Lipinski definition) is 1. The molecule has 3 aromatic rings. The van der Waals surface area contributed by atoms with Crippen molar-refractivity contribution >= 4 is 29.9 Å². The molecule has 1 N–H and O–H groups in total. The summed E-state index contributed by atoms with van der Waals surface area (Å²) in [6.07, 6.45) is 3.81. The van der Waals surface area contributed by atoms with Gasteiger partial charge in [0, 0.05) is 37.5 Å². The molecule has 0 bridgehead atoms. The summed E-state index contributed by atoms with van der Waals surface area (Å²) in [4.78, 5) is 6.51. The van der Waals surface area contributed by atoms with E-state index in [4.69, 9.17) is 5.26 Å². The summed E-state index contributed by atoms with van der Waals surface area (Å²) in [5, 5.41) is 16.5. The number of aliphatic imine (C=N–C) groups is 1. The third-order valence-corrected chi connectivity index (χ3v) is 4.35. The van der Waals surface area contributed by atoms with E-state index in [-0.39, 0.29) is 30.5 Å². The molecular formula is C22H24FIN6. The number of nitriles is 1. The molecule has 1 aromatic heterocycles. The molecule has 6 nitrogen and oxygen atoms in total. The molecule has 0 unspecified atom stereocenters. The SMILES string of the molecule is CCNC(=NCc1ccc(C#N)cc1F)N(C)Cc1cnn(-c2ccccc2)c1.I. The third kappa shape index (κ3) is 6.03. The molecule has 0 aliphatic carbocycles. The molecule has 0 fully saturated rings.